The highest BCUT2D eigenvalue weighted by Gasteiger charge is 2.29. The molecule has 0 bridgehead atoms. The highest BCUT2D eigenvalue weighted by atomic mass is 32.2. The molecule has 0 amide bonds. The largest absolute Gasteiger partial charge is 0.480 e. The molecule has 0 heterocycles. The summed E-state index contributed by atoms with van der Waals surface area (Å²) in [5, 5.41) is 8.75. The van der Waals surface area contributed by atoms with Crippen molar-refractivity contribution in [2.45, 2.75) is 41.6 Å². The third-order valence-corrected chi connectivity index (χ3v) is 6.08. The van der Waals surface area contributed by atoms with E-state index in [0.29, 0.717) is 0 Å². The maximum Gasteiger partial charge on any atom is 0.321 e. The molecule has 3 N–H and O–H groups in total. The number of sulfonamides is 2. The van der Waals surface area contributed by atoms with Crippen LogP contribution in [0.15, 0.2) is 34.1 Å². The molecule has 1 saturated carbocycles. The average molecular weight is 348 g/mol. The number of carbonyl (C=O) groups is 1. The molecule has 0 aromatic heterocycles. The lowest BCUT2D eigenvalue weighted by atomic mass is 10.4. The second kappa shape index (κ2) is 5.95. The van der Waals surface area contributed by atoms with Gasteiger partial charge in [0.15, 0.2) is 0 Å². The number of nitrogens with one attached hydrogen (secondary N) is 2. The Hall–Kier alpha value is -1.49. The summed E-state index contributed by atoms with van der Waals surface area (Å²) in [6.07, 6.45) is 1.52. The predicted octanol–water partition coefficient (Wildman–Crippen LogP) is -0.121. The minimum Gasteiger partial charge on any atom is -0.480 e. The van der Waals surface area contributed by atoms with Crippen molar-refractivity contribution in [1.29, 1.82) is 0 Å². The normalized spacial score (nSPS) is 17.1. The van der Waals surface area contributed by atoms with Gasteiger partial charge in [-0.1, -0.05) is 6.07 Å². The molecule has 0 aliphatic heterocycles. The van der Waals surface area contributed by atoms with Crippen molar-refractivity contribution in [3.8, 4) is 0 Å². The molecule has 122 valence electrons. The van der Waals surface area contributed by atoms with Gasteiger partial charge in [0, 0.05) is 6.04 Å². The summed E-state index contributed by atoms with van der Waals surface area (Å²) in [6, 6.07) is 3.35. The summed E-state index contributed by atoms with van der Waals surface area (Å²) in [4.78, 5) is 10.2. The van der Waals surface area contributed by atoms with Crippen LogP contribution in [0, 0.1) is 0 Å². The molecule has 0 saturated heterocycles. The lowest BCUT2D eigenvalue weighted by molar-refractivity contribution is -0.138. The van der Waals surface area contributed by atoms with Crippen LogP contribution in [0.5, 0.6) is 0 Å². The zero-order chi connectivity index (χ0) is 16.5. The van der Waals surface area contributed by atoms with E-state index in [1.165, 1.54) is 25.1 Å². The van der Waals surface area contributed by atoms with Crippen molar-refractivity contribution < 1.29 is 26.7 Å². The highest BCUT2D eigenvalue weighted by Crippen LogP contribution is 2.23. The Morgan fingerprint density at radius 2 is 1.73 bits per heavy atom. The fraction of sp³-hybridized carbons (Fsp3) is 0.417. The molecule has 1 aliphatic rings. The van der Waals surface area contributed by atoms with Gasteiger partial charge in [0.25, 0.3) is 0 Å². The van der Waals surface area contributed by atoms with Gasteiger partial charge in [-0.15, -0.1) is 0 Å². The fourth-order valence-electron chi connectivity index (χ4n) is 1.65. The molecule has 0 radical (unpaired) electrons. The summed E-state index contributed by atoms with van der Waals surface area (Å²) in [6.45, 7) is 1.18. The number of aliphatic carboxylic acids is 1. The zero-order valence-corrected chi connectivity index (χ0v) is 13.3. The van der Waals surface area contributed by atoms with Gasteiger partial charge in [-0.05, 0) is 38.0 Å². The number of carboxylic acids is 1. The standard InChI is InChI=1S/C12H16N2O6S2/c1-8(12(15)16)13-21(17,18)10-3-2-4-11(7-10)22(19,20)14-9-5-6-9/h2-4,7-9,13-14H,5-6H2,1H3,(H,15,16)/t8-/m1/s1. The van der Waals surface area contributed by atoms with Crippen molar-refractivity contribution in [3.05, 3.63) is 24.3 Å². The molecule has 10 heteroatoms. The first-order chi connectivity index (χ1) is 10.1. The van der Waals surface area contributed by atoms with Crippen LogP contribution in [0.4, 0.5) is 0 Å². The molecule has 2 rings (SSSR count). The average Bonchev–Trinajstić information content (AvgIpc) is 3.21. The van der Waals surface area contributed by atoms with Crippen LogP contribution in [-0.4, -0.2) is 40.0 Å². The third-order valence-electron chi connectivity index (χ3n) is 3.03. The Morgan fingerprint density at radius 3 is 2.23 bits per heavy atom. The second-order valence-corrected chi connectivity index (χ2v) is 8.48. The van der Waals surface area contributed by atoms with E-state index in [4.69, 9.17) is 5.11 Å². The smallest absolute Gasteiger partial charge is 0.321 e. The molecule has 0 unspecified atom stereocenters. The van der Waals surface area contributed by atoms with Gasteiger partial charge in [-0.25, -0.2) is 21.6 Å². The van der Waals surface area contributed by atoms with Gasteiger partial charge in [-0.2, -0.15) is 4.72 Å². The molecule has 22 heavy (non-hydrogen) atoms. The van der Waals surface area contributed by atoms with Crippen LogP contribution < -0.4 is 9.44 Å². The maximum absolute atomic E-state index is 12.1. The van der Waals surface area contributed by atoms with Crippen LogP contribution in [0.2, 0.25) is 0 Å². The van der Waals surface area contributed by atoms with E-state index in [-0.39, 0.29) is 15.8 Å². The lowest BCUT2D eigenvalue weighted by Gasteiger charge is -2.11. The van der Waals surface area contributed by atoms with E-state index in [1.54, 1.807) is 0 Å². The van der Waals surface area contributed by atoms with Crippen molar-refractivity contribution in [3.63, 3.8) is 0 Å². The number of carboxylic acid groups (broad SMARTS) is 1. The van der Waals surface area contributed by atoms with Crippen molar-refractivity contribution >= 4 is 26.0 Å². The monoisotopic (exact) mass is 348 g/mol. The minimum absolute atomic E-state index is 0.101. The summed E-state index contributed by atoms with van der Waals surface area (Å²) in [5.41, 5.74) is 0. The first-order valence-corrected chi connectivity index (χ1v) is 9.46. The Labute approximate surface area is 128 Å². The van der Waals surface area contributed by atoms with E-state index >= 15 is 0 Å². The minimum atomic E-state index is -4.12. The first kappa shape index (κ1) is 16.9. The zero-order valence-electron chi connectivity index (χ0n) is 11.7. The molecular weight excluding hydrogens is 332 g/mol. The van der Waals surface area contributed by atoms with Crippen molar-refractivity contribution in [2.75, 3.05) is 0 Å². The van der Waals surface area contributed by atoms with E-state index in [0.717, 1.165) is 18.9 Å². The molecule has 1 atom stereocenters. The second-order valence-electron chi connectivity index (χ2n) is 5.05. The summed E-state index contributed by atoms with van der Waals surface area (Å²) in [7, 11) is -7.91. The van der Waals surface area contributed by atoms with E-state index < -0.39 is 32.1 Å². The van der Waals surface area contributed by atoms with Crippen molar-refractivity contribution in [1.82, 2.24) is 9.44 Å². The third kappa shape index (κ3) is 4.03. The molecular formula is C12H16N2O6S2. The Kier molecular flexibility index (Phi) is 4.57. The maximum atomic E-state index is 12.1. The molecule has 1 fully saturated rings. The van der Waals surface area contributed by atoms with Crippen LogP contribution in [0.1, 0.15) is 19.8 Å². The van der Waals surface area contributed by atoms with Gasteiger partial charge in [0.1, 0.15) is 6.04 Å². The van der Waals surface area contributed by atoms with E-state index in [2.05, 4.69) is 4.72 Å². The fourth-order valence-corrected chi connectivity index (χ4v) is 4.32. The molecule has 1 aliphatic carbocycles. The summed E-state index contributed by atoms with van der Waals surface area (Å²) in [5.74, 6) is -1.33. The lowest BCUT2D eigenvalue weighted by Crippen LogP contribution is -2.38. The first-order valence-electron chi connectivity index (χ1n) is 6.49. The number of hydrogen-bond donors (Lipinski definition) is 3. The van der Waals surface area contributed by atoms with E-state index in [1.807, 2.05) is 4.72 Å². The molecule has 0 spiro atoms. The van der Waals surface area contributed by atoms with Crippen LogP contribution in [-0.2, 0) is 24.8 Å². The van der Waals surface area contributed by atoms with Gasteiger partial charge >= 0.3 is 5.97 Å². The Morgan fingerprint density at radius 1 is 1.18 bits per heavy atom. The van der Waals surface area contributed by atoms with Crippen LogP contribution >= 0.6 is 0 Å². The van der Waals surface area contributed by atoms with E-state index in [9.17, 15) is 21.6 Å². The Bertz CT molecular complexity index is 784. The molecule has 1 aromatic rings. The number of hydrogen-bond acceptors (Lipinski definition) is 5. The number of rotatable bonds is 7. The summed E-state index contributed by atoms with van der Waals surface area (Å²) < 4.78 is 52.7. The highest BCUT2D eigenvalue weighted by molar-refractivity contribution is 7.90. The topological polar surface area (TPSA) is 130 Å². The molecule has 1 aromatic carbocycles. The predicted molar refractivity (Wildman–Crippen MR) is 77.2 cm³/mol. The SMILES string of the molecule is C[C@@H](NS(=O)(=O)c1cccc(S(=O)(=O)NC2CC2)c1)C(=O)O. The van der Waals surface area contributed by atoms with Crippen LogP contribution in [0.25, 0.3) is 0 Å². The molecule has 8 nitrogen and oxygen atoms in total. The van der Waals surface area contributed by atoms with Gasteiger partial charge in [0.2, 0.25) is 20.0 Å². The van der Waals surface area contributed by atoms with Crippen molar-refractivity contribution in [2.24, 2.45) is 0 Å². The Balaban J connectivity index is 2.29. The van der Waals surface area contributed by atoms with Gasteiger partial charge in [-0.3, -0.25) is 4.79 Å². The summed E-state index contributed by atoms with van der Waals surface area (Å²) >= 11 is 0. The quantitative estimate of drug-likeness (QED) is 0.630. The van der Waals surface area contributed by atoms with Crippen LogP contribution in [0.3, 0.4) is 0 Å². The van der Waals surface area contributed by atoms with Gasteiger partial charge < -0.3 is 5.11 Å². The number of benzene rings is 1. The van der Waals surface area contributed by atoms with Gasteiger partial charge in [0.05, 0.1) is 9.79 Å².